The van der Waals surface area contributed by atoms with Crippen molar-refractivity contribution in [1.82, 2.24) is 19.7 Å². The second kappa shape index (κ2) is 10.2. The minimum absolute atomic E-state index is 0.0796. The van der Waals surface area contributed by atoms with E-state index >= 15 is 0 Å². The number of rotatable bonds is 7. The zero-order chi connectivity index (χ0) is 25.0. The molecule has 35 heavy (non-hydrogen) atoms. The Hall–Kier alpha value is -3.86. The van der Waals surface area contributed by atoms with E-state index in [-0.39, 0.29) is 11.4 Å². The molecule has 0 bridgehead atoms. The Morgan fingerprint density at radius 3 is 2.49 bits per heavy atom. The van der Waals surface area contributed by atoms with E-state index < -0.39 is 17.6 Å². The molecule has 180 valence electrons. The fourth-order valence-electron chi connectivity index (χ4n) is 3.37. The van der Waals surface area contributed by atoms with Crippen molar-refractivity contribution in [3.8, 4) is 17.1 Å². The molecule has 0 radical (unpaired) electrons. The largest absolute Gasteiger partial charge is 0.416 e. The lowest BCUT2D eigenvalue weighted by atomic mass is 10.1. The van der Waals surface area contributed by atoms with Crippen LogP contribution in [0.15, 0.2) is 78.2 Å². The number of benzene rings is 2. The molecule has 7 nitrogen and oxygen atoms in total. The first-order chi connectivity index (χ1) is 16.7. The zero-order valence-electron chi connectivity index (χ0n) is 18.8. The summed E-state index contributed by atoms with van der Waals surface area (Å²) in [7, 11) is 3.38. The maximum Gasteiger partial charge on any atom is 0.416 e. The maximum atomic E-state index is 13.2. The summed E-state index contributed by atoms with van der Waals surface area (Å²) in [5, 5.41) is 11.6. The van der Waals surface area contributed by atoms with Crippen molar-refractivity contribution in [1.29, 1.82) is 0 Å². The molecule has 0 saturated carbocycles. The van der Waals surface area contributed by atoms with Crippen LogP contribution in [0.5, 0.6) is 0 Å². The lowest BCUT2D eigenvalue weighted by molar-refractivity contribution is -0.137. The topological polar surface area (TPSA) is 75.9 Å². The Bertz CT molecular complexity index is 1310. The van der Waals surface area contributed by atoms with Crippen molar-refractivity contribution in [2.24, 2.45) is 0 Å². The normalized spacial score (nSPS) is 11.3. The minimum atomic E-state index is -4.52. The molecule has 1 N–H and O–H groups in total. The summed E-state index contributed by atoms with van der Waals surface area (Å²) in [5.74, 6) is 0.00384. The summed E-state index contributed by atoms with van der Waals surface area (Å²) in [6.07, 6.45) is -1.20. The van der Waals surface area contributed by atoms with Crippen LogP contribution in [-0.2, 0) is 11.0 Å². The van der Waals surface area contributed by atoms with Gasteiger partial charge in [0, 0.05) is 37.7 Å². The Balaban J connectivity index is 1.58. The summed E-state index contributed by atoms with van der Waals surface area (Å²) in [4.78, 5) is 18.5. The number of nitrogens with one attached hydrogen (secondary N) is 1. The molecular formula is C24H21F3N6OS. The van der Waals surface area contributed by atoms with E-state index in [1.165, 1.54) is 6.07 Å². The van der Waals surface area contributed by atoms with E-state index in [1.54, 1.807) is 37.5 Å². The van der Waals surface area contributed by atoms with E-state index in [4.69, 9.17) is 0 Å². The Kier molecular flexibility index (Phi) is 7.06. The van der Waals surface area contributed by atoms with Gasteiger partial charge in [-0.2, -0.15) is 13.2 Å². The smallest absolute Gasteiger partial charge is 0.376 e. The SMILES string of the molecule is CN(C)c1ccc(C(F)(F)F)cc1NC(=O)CSc1nnc(-c2cccnc2)n1-c1ccccc1. The predicted molar refractivity (Wildman–Crippen MR) is 130 cm³/mol. The van der Waals surface area contributed by atoms with E-state index in [2.05, 4.69) is 20.5 Å². The van der Waals surface area contributed by atoms with Gasteiger partial charge in [-0.15, -0.1) is 10.2 Å². The van der Waals surface area contributed by atoms with Gasteiger partial charge in [0.1, 0.15) is 0 Å². The van der Waals surface area contributed by atoms with E-state index in [9.17, 15) is 18.0 Å². The lowest BCUT2D eigenvalue weighted by Gasteiger charge is -2.19. The Labute approximate surface area is 204 Å². The molecular weight excluding hydrogens is 477 g/mol. The van der Waals surface area contributed by atoms with Gasteiger partial charge in [-0.05, 0) is 42.5 Å². The molecule has 2 heterocycles. The van der Waals surface area contributed by atoms with Crippen molar-refractivity contribution in [3.05, 3.63) is 78.6 Å². The van der Waals surface area contributed by atoms with E-state index in [0.29, 0.717) is 16.7 Å². The third-order valence-electron chi connectivity index (χ3n) is 4.98. The summed E-state index contributed by atoms with van der Waals surface area (Å²) in [5.41, 5.74) is 1.25. The van der Waals surface area contributed by atoms with Crippen LogP contribution in [0.4, 0.5) is 24.5 Å². The highest BCUT2D eigenvalue weighted by Gasteiger charge is 2.31. The highest BCUT2D eigenvalue weighted by atomic mass is 32.2. The number of para-hydroxylation sites is 1. The van der Waals surface area contributed by atoms with Gasteiger partial charge in [-0.25, -0.2) is 0 Å². The van der Waals surface area contributed by atoms with Gasteiger partial charge in [0.05, 0.1) is 22.7 Å². The van der Waals surface area contributed by atoms with Crippen LogP contribution in [0.3, 0.4) is 0 Å². The average molecular weight is 499 g/mol. The first-order valence-corrected chi connectivity index (χ1v) is 11.4. The molecule has 11 heteroatoms. The zero-order valence-corrected chi connectivity index (χ0v) is 19.6. The number of halogens is 3. The molecule has 4 rings (SSSR count). The number of carbonyl (C=O) groups is 1. The Morgan fingerprint density at radius 1 is 1.06 bits per heavy atom. The van der Waals surface area contributed by atoms with Crippen LogP contribution in [-0.4, -0.2) is 45.5 Å². The molecule has 0 atom stereocenters. The van der Waals surface area contributed by atoms with Crippen molar-refractivity contribution in [2.45, 2.75) is 11.3 Å². The van der Waals surface area contributed by atoms with Gasteiger partial charge in [-0.3, -0.25) is 14.3 Å². The van der Waals surface area contributed by atoms with Crippen LogP contribution < -0.4 is 10.2 Å². The van der Waals surface area contributed by atoms with Crippen molar-refractivity contribution in [2.75, 3.05) is 30.1 Å². The van der Waals surface area contributed by atoms with Gasteiger partial charge in [0.15, 0.2) is 11.0 Å². The van der Waals surface area contributed by atoms with Gasteiger partial charge >= 0.3 is 6.18 Å². The number of thioether (sulfide) groups is 1. The predicted octanol–water partition coefficient (Wildman–Crippen LogP) is 5.14. The summed E-state index contributed by atoms with van der Waals surface area (Å²) < 4.78 is 41.4. The van der Waals surface area contributed by atoms with E-state index in [1.807, 2.05) is 41.0 Å². The first kappa shape index (κ1) is 24.3. The van der Waals surface area contributed by atoms with Crippen LogP contribution in [0.25, 0.3) is 17.1 Å². The number of anilines is 2. The maximum absolute atomic E-state index is 13.2. The minimum Gasteiger partial charge on any atom is -0.376 e. The molecule has 0 fully saturated rings. The number of aromatic nitrogens is 4. The summed E-state index contributed by atoms with van der Waals surface area (Å²) >= 11 is 1.13. The molecule has 1 amide bonds. The van der Waals surface area contributed by atoms with Crippen molar-refractivity contribution >= 4 is 29.0 Å². The monoisotopic (exact) mass is 498 g/mol. The molecule has 0 saturated heterocycles. The number of hydrogen-bond donors (Lipinski definition) is 1. The van der Waals surface area contributed by atoms with Crippen LogP contribution in [0.1, 0.15) is 5.56 Å². The summed E-state index contributed by atoms with van der Waals surface area (Å²) in [6, 6.07) is 16.3. The van der Waals surface area contributed by atoms with Crippen molar-refractivity contribution in [3.63, 3.8) is 0 Å². The quantitative estimate of drug-likeness (QED) is 0.356. The molecule has 2 aromatic heterocycles. The Morgan fingerprint density at radius 2 is 1.83 bits per heavy atom. The van der Waals surface area contributed by atoms with Gasteiger partial charge < -0.3 is 10.2 Å². The highest BCUT2D eigenvalue weighted by molar-refractivity contribution is 7.99. The number of hydrogen-bond acceptors (Lipinski definition) is 6. The number of carbonyl (C=O) groups excluding carboxylic acids is 1. The van der Waals surface area contributed by atoms with Crippen molar-refractivity contribution < 1.29 is 18.0 Å². The molecule has 0 aliphatic heterocycles. The molecule has 2 aromatic carbocycles. The number of amides is 1. The van der Waals surface area contributed by atoms with Crippen LogP contribution >= 0.6 is 11.8 Å². The lowest BCUT2D eigenvalue weighted by Crippen LogP contribution is -2.19. The standard InChI is InChI=1S/C24H21F3N6OS/c1-32(2)20-11-10-17(24(25,26)27)13-19(20)29-21(34)15-35-23-31-30-22(16-7-6-12-28-14-16)33(23)18-8-4-3-5-9-18/h3-14H,15H2,1-2H3,(H,29,34). The fourth-order valence-corrected chi connectivity index (χ4v) is 4.13. The summed E-state index contributed by atoms with van der Waals surface area (Å²) in [6.45, 7) is 0. The number of alkyl halides is 3. The van der Waals surface area contributed by atoms with Gasteiger partial charge in [-0.1, -0.05) is 30.0 Å². The van der Waals surface area contributed by atoms with Crippen LogP contribution in [0.2, 0.25) is 0 Å². The first-order valence-electron chi connectivity index (χ1n) is 10.5. The molecule has 0 aliphatic rings. The van der Waals surface area contributed by atoms with Gasteiger partial charge in [0.2, 0.25) is 5.91 Å². The van der Waals surface area contributed by atoms with Crippen LogP contribution in [0, 0.1) is 0 Å². The second-order valence-corrected chi connectivity index (χ2v) is 8.62. The molecule has 4 aromatic rings. The van der Waals surface area contributed by atoms with E-state index in [0.717, 1.165) is 35.1 Å². The second-order valence-electron chi connectivity index (χ2n) is 7.68. The fraction of sp³-hybridized carbons (Fsp3) is 0.167. The molecule has 0 aliphatic carbocycles. The average Bonchev–Trinajstić information content (AvgIpc) is 3.27. The molecule has 0 spiro atoms. The number of pyridine rings is 1. The number of nitrogens with zero attached hydrogens (tertiary/aromatic N) is 5. The highest BCUT2D eigenvalue weighted by Crippen LogP contribution is 2.35. The van der Waals surface area contributed by atoms with Gasteiger partial charge in [0.25, 0.3) is 0 Å². The molecule has 0 unspecified atom stereocenters. The third kappa shape index (κ3) is 5.62. The third-order valence-corrected chi connectivity index (χ3v) is 5.91.